The minimum Gasteiger partial charge on any atom is -0.508 e. The first-order valence-electron chi connectivity index (χ1n) is 9.18. The molecule has 7 heteroatoms. The molecule has 0 bridgehead atoms. The average Bonchev–Trinajstić information content (AvgIpc) is 3.20. The van der Waals surface area contributed by atoms with Crippen LogP contribution in [0, 0.1) is 0 Å². The number of aromatic nitrogens is 1. The summed E-state index contributed by atoms with van der Waals surface area (Å²) in [6, 6.07) is 15.3. The SMILES string of the molecule is CSCC[C@H](NC(=O)c1cccc(O)c1)C(=O)Cc1nc(-c2ccccc2)cs1. The molecule has 0 aliphatic heterocycles. The zero-order chi connectivity index (χ0) is 20.6. The quantitative estimate of drug-likeness (QED) is 0.537. The van der Waals surface area contributed by atoms with Crippen LogP contribution >= 0.6 is 23.1 Å². The van der Waals surface area contributed by atoms with E-state index >= 15 is 0 Å². The summed E-state index contributed by atoms with van der Waals surface area (Å²) in [5.74, 6) is 0.330. The molecular weight excluding hydrogens is 404 g/mol. The average molecular weight is 427 g/mol. The number of thioether (sulfide) groups is 1. The highest BCUT2D eigenvalue weighted by Gasteiger charge is 2.22. The van der Waals surface area contributed by atoms with Gasteiger partial charge in [-0.25, -0.2) is 4.98 Å². The minimum atomic E-state index is -0.596. The largest absolute Gasteiger partial charge is 0.508 e. The number of ketones is 1. The van der Waals surface area contributed by atoms with Gasteiger partial charge < -0.3 is 10.4 Å². The Labute approximate surface area is 178 Å². The molecule has 1 heterocycles. The predicted octanol–water partition coefficient (Wildman–Crippen LogP) is 4.18. The Morgan fingerprint density at radius 1 is 1.17 bits per heavy atom. The van der Waals surface area contributed by atoms with E-state index in [-0.39, 0.29) is 23.9 Å². The lowest BCUT2D eigenvalue weighted by molar-refractivity contribution is -0.120. The second kappa shape index (κ2) is 10.2. The van der Waals surface area contributed by atoms with Crippen LogP contribution in [0.4, 0.5) is 0 Å². The Hall–Kier alpha value is -2.64. The van der Waals surface area contributed by atoms with Crippen molar-refractivity contribution in [2.24, 2.45) is 0 Å². The molecule has 0 aliphatic rings. The van der Waals surface area contributed by atoms with E-state index in [1.807, 2.05) is 42.0 Å². The number of phenolic OH excluding ortho intramolecular Hbond substituents is 1. The van der Waals surface area contributed by atoms with Gasteiger partial charge in [0.2, 0.25) is 0 Å². The van der Waals surface area contributed by atoms with Gasteiger partial charge in [0, 0.05) is 16.5 Å². The van der Waals surface area contributed by atoms with Gasteiger partial charge >= 0.3 is 0 Å². The van der Waals surface area contributed by atoms with Gasteiger partial charge in [0.1, 0.15) is 10.8 Å². The molecule has 0 unspecified atom stereocenters. The Balaban J connectivity index is 1.69. The molecule has 2 aromatic carbocycles. The summed E-state index contributed by atoms with van der Waals surface area (Å²) in [4.78, 5) is 30.0. The monoisotopic (exact) mass is 426 g/mol. The van der Waals surface area contributed by atoms with Crippen LogP contribution in [0.2, 0.25) is 0 Å². The van der Waals surface area contributed by atoms with E-state index in [0.29, 0.717) is 12.0 Å². The zero-order valence-corrected chi connectivity index (χ0v) is 17.6. The highest BCUT2D eigenvalue weighted by Crippen LogP contribution is 2.22. The van der Waals surface area contributed by atoms with E-state index in [4.69, 9.17) is 0 Å². The molecule has 3 aromatic rings. The third kappa shape index (κ3) is 5.92. The molecule has 0 spiro atoms. The number of phenols is 1. The minimum absolute atomic E-state index is 0.0147. The maximum absolute atomic E-state index is 12.9. The Bertz CT molecular complexity index is 973. The molecule has 0 aliphatic carbocycles. The van der Waals surface area contributed by atoms with Crippen LogP contribution in [-0.4, -0.2) is 39.8 Å². The Kier molecular flexibility index (Phi) is 7.43. The molecule has 150 valence electrons. The van der Waals surface area contributed by atoms with Gasteiger partial charge in [-0.3, -0.25) is 9.59 Å². The molecule has 3 rings (SSSR count). The second-order valence-electron chi connectivity index (χ2n) is 6.49. The summed E-state index contributed by atoms with van der Waals surface area (Å²) in [5.41, 5.74) is 2.19. The number of carbonyl (C=O) groups is 2. The topological polar surface area (TPSA) is 79.3 Å². The Morgan fingerprint density at radius 2 is 1.97 bits per heavy atom. The summed E-state index contributed by atoms with van der Waals surface area (Å²) in [7, 11) is 0. The van der Waals surface area contributed by atoms with Crippen LogP contribution in [-0.2, 0) is 11.2 Å². The molecule has 5 nitrogen and oxygen atoms in total. The molecule has 0 radical (unpaired) electrons. The van der Waals surface area contributed by atoms with Crippen molar-refractivity contribution in [1.29, 1.82) is 0 Å². The van der Waals surface area contributed by atoms with Crippen LogP contribution in [0.15, 0.2) is 60.0 Å². The van der Waals surface area contributed by atoms with Crippen LogP contribution in [0.5, 0.6) is 5.75 Å². The first kappa shape index (κ1) is 21.1. The van der Waals surface area contributed by atoms with Gasteiger partial charge in [-0.2, -0.15) is 11.8 Å². The fraction of sp³-hybridized carbons (Fsp3) is 0.227. The fourth-order valence-corrected chi connectivity index (χ4v) is 4.13. The first-order valence-corrected chi connectivity index (χ1v) is 11.5. The van der Waals surface area contributed by atoms with Crippen molar-refractivity contribution in [2.45, 2.75) is 18.9 Å². The number of benzene rings is 2. The summed E-state index contributed by atoms with van der Waals surface area (Å²) in [6.45, 7) is 0. The van der Waals surface area contributed by atoms with E-state index in [1.54, 1.807) is 23.9 Å². The van der Waals surface area contributed by atoms with E-state index in [9.17, 15) is 14.7 Å². The van der Waals surface area contributed by atoms with Gasteiger partial charge in [-0.1, -0.05) is 36.4 Å². The fourth-order valence-electron chi connectivity index (χ4n) is 2.84. The van der Waals surface area contributed by atoms with Crippen LogP contribution in [0.3, 0.4) is 0 Å². The molecule has 29 heavy (non-hydrogen) atoms. The summed E-state index contributed by atoms with van der Waals surface area (Å²) < 4.78 is 0. The summed E-state index contributed by atoms with van der Waals surface area (Å²) in [6.07, 6.45) is 2.68. The highest BCUT2D eigenvalue weighted by atomic mass is 32.2. The number of rotatable bonds is 9. The summed E-state index contributed by atoms with van der Waals surface area (Å²) in [5, 5.41) is 15.1. The smallest absolute Gasteiger partial charge is 0.251 e. The summed E-state index contributed by atoms with van der Waals surface area (Å²) >= 11 is 3.07. The molecule has 0 saturated heterocycles. The van der Waals surface area contributed by atoms with E-state index in [2.05, 4.69) is 10.3 Å². The van der Waals surface area contributed by atoms with Crippen molar-refractivity contribution < 1.29 is 14.7 Å². The third-order valence-electron chi connectivity index (χ3n) is 4.36. The van der Waals surface area contributed by atoms with Gasteiger partial charge in [-0.05, 0) is 36.6 Å². The van der Waals surface area contributed by atoms with Gasteiger partial charge in [-0.15, -0.1) is 11.3 Å². The van der Waals surface area contributed by atoms with Gasteiger partial charge in [0.05, 0.1) is 18.2 Å². The van der Waals surface area contributed by atoms with Crippen molar-refractivity contribution in [3.63, 3.8) is 0 Å². The van der Waals surface area contributed by atoms with Crippen LogP contribution in [0.1, 0.15) is 21.8 Å². The first-order chi connectivity index (χ1) is 14.1. The number of thiazole rings is 1. The van der Waals surface area contributed by atoms with Crippen molar-refractivity contribution in [2.75, 3.05) is 12.0 Å². The molecule has 1 aromatic heterocycles. The van der Waals surface area contributed by atoms with Crippen molar-refractivity contribution in [3.05, 3.63) is 70.5 Å². The van der Waals surface area contributed by atoms with E-state index < -0.39 is 6.04 Å². The predicted molar refractivity (Wildman–Crippen MR) is 119 cm³/mol. The van der Waals surface area contributed by atoms with Crippen LogP contribution in [0.25, 0.3) is 11.3 Å². The molecule has 1 atom stereocenters. The number of nitrogens with zero attached hydrogens (tertiary/aromatic N) is 1. The highest BCUT2D eigenvalue weighted by molar-refractivity contribution is 7.98. The lowest BCUT2D eigenvalue weighted by Gasteiger charge is -2.17. The van der Waals surface area contributed by atoms with Gasteiger partial charge in [0.15, 0.2) is 5.78 Å². The van der Waals surface area contributed by atoms with E-state index in [0.717, 1.165) is 22.0 Å². The van der Waals surface area contributed by atoms with Crippen LogP contribution < -0.4 is 5.32 Å². The number of carbonyl (C=O) groups excluding carboxylic acids is 2. The number of aromatic hydroxyl groups is 1. The molecule has 1 amide bonds. The lowest BCUT2D eigenvalue weighted by Crippen LogP contribution is -2.42. The number of nitrogens with one attached hydrogen (secondary N) is 1. The van der Waals surface area contributed by atoms with E-state index in [1.165, 1.54) is 23.5 Å². The third-order valence-corrected chi connectivity index (χ3v) is 5.85. The maximum Gasteiger partial charge on any atom is 0.251 e. The maximum atomic E-state index is 12.9. The molecule has 0 saturated carbocycles. The normalized spacial score (nSPS) is 11.8. The second-order valence-corrected chi connectivity index (χ2v) is 8.42. The molecular formula is C22H22N2O3S2. The lowest BCUT2D eigenvalue weighted by atomic mass is 10.1. The number of Topliss-reactive ketones (excluding diaryl/α,β-unsaturated/α-hetero) is 1. The molecule has 2 N–H and O–H groups in total. The van der Waals surface area contributed by atoms with Crippen molar-refractivity contribution in [3.8, 4) is 17.0 Å². The number of amides is 1. The number of hydrogen-bond donors (Lipinski definition) is 2. The van der Waals surface area contributed by atoms with Crippen molar-refractivity contribution >= 4 is 34.8 Å². The Morgan fingerprint density at radius 3 is 2.69 bits per heavy atom. The van der Waals surface area contributed by atoms with Gasteiger partial charge in [0.25, 0.3) is 5.91 Å². The standard InChI is InChI=1S/C22H22N2O3S2/c1-28-11-10-18(24-22(27)16-8-5-9-17(25)12-16)20(26)13-21-23-19(14-29-21)15-6-3-2-4-7-15/h2-9,12,14,18,25H,10-11,13H2,1H3,(H,24,27)/t18-/m0/s1. The molecule has 0 fully saturated rings. The zero-order valence-electron chi connectivity index (χ0n) is 16.0. The van der Waals surface area contributed by atoms with Crippen molar-refractivity contribution in [1.82, 2.24) is 10.3 Å². The number of hydrogen-bond acceptors (Lipinski definition) is 6.